The lowest BCUT2D eigenvalue weighted by Gasteiger charge is -2.31. The zero-order chi connectivity index (χ0) is 10.7. The summed E-state index contributed by atoms with van der Waals surface area (Å²) in [4.78, 5) is 0. The van der Waals surface area contributed by atoms with Crippen molar-refractivity contribution in [2.45, 2.75) is 22.7 Å². The summed E-state index contributed by atoms with van der Waals surface area (Å²) in [5.74, 6) is 1.48. The molecule has 1 saturated carbocycles. The Balaban J connectivity index is 1.94. The van der Waals surface area contributed by atoms with Crippen LogP contribution in [0.5, 0.6) is 0 Å². The Bertz CT molecular complexity index is 296. The van der Waals surface area contributed by atoms with Crippen LogP contribution in [-0.4, -0.2) is 40.3 Å². The average Bonchev–Trinajstić information content (AvgIpc) is 2.99. The molecular formula is C9H15N3OS2. The largest absolute Gasteiger partial charge is 0.394 e. The van der Waals surface area contributed by atoms with Gasteiger partial charge in [0, 0.05) is 5.75 Å². The number of hydrogen-bond acceptors (Lipinski definition) is 6. The number of likely N-dealkylation sites (N-methyl/N-ethyl adjacent to an activating group) is 1. The zero-order valence-corrected chi connectivity index (χ0v) is 10.3. The Hall–Kier alpha value is -0.170. The van der Waals surface area contributed by atoms with Gasteiger partial charge < -0.3 is 10.4 Å². The van der Waals surface area contributed by atoms with Crippen LogP contribution < -0.4 is 5.32 Å². The van der Waals surface area contributed by atoms with Gasteiger partial charge in [0.2, 0.25) is 0 Å². The smallest absolute Gasteiger partial charge is 0.174 e. The minimum atomic E-state index is -0.129. The second-order valence-electron chi connectivity index (χ2n) is 3.83. The van der Waals surface area contributed by atoms with Crippen LogP contribution in [0.4, 0.5) is 0 Å². The van der Waals surface area contributed by atoms with Crippen LogP contribution in [0.25, 0.3) is 0 Å². The molecule has 1 aromatic heterocycles. The highest BCUT2D eigenvalue weighted by Crippen LogP contribution is 2.42. The fourth-order valence-corrected chi connectivity index (χ4v) is 3.51. The zero-order valence-electron chi connectivity index (χ0n) is 8.64. The number of aliphatic hydroxyl groups excluding tert-OH is 1. The van der Waals surface area contributed by atoms with Crippen molar-refractivity contribution in [3.05, 3.63) is 5.51 Å². The van der Waals surface area contributed by atoms with E-state index < -0.39 is 0 Å². The molecule has 0 amide bonds. The molecule has 0 saturated heterocycles. The van der Waals surface area contributed by atoms with Crippen molar-refractivity contribution in [3.8, 4) is 0 Å². The van der Waals surface area contributed by atoms with Crippen LogP contribution in [0.15, 0.2) is 9.85 Å². The number of aromatic nitrogens is 2. The summed E-state index contributed by atoms with van der Waals surface area (Å²) in [5, 5.41) is 20.6. The van der Waals surface area contributed by atoms with E-state index in [0.29, 0.717) is 5.92 Å². The van der Waals surface area contributed by atoms with Gasteiger partial charge in [0.05, 0.1) is 12.1 Å². The lowest BCUT2D eigenvalue weighted by molar-refractivity contribution is 0.167. The van der Waals surface area contributed by atoms with Gasteiger partial charge in [-0.3, -0.25) is 0 Å². The summed E-state index contributed by atoms with van der Waals surface area (Å²) in [6.45, 7) is 0.194. The third kappa shape index (κ3) is 2.50. The van der Waals surface area contributed by atoms with Crippen LogP contribution in [0.3, 0.4) is 0 Å². The van der Waals surface area contributed by atoms with Crippen LogP contribution in [-0.2, 0) is 0 Å². The fraction of sp³-hybridized carbons (Fsp3) is 0.778. The first kappa shape index (κ1) is 11.3. The van der Waals surface area contributed by atoms with E-state index in [1.54, 1.807) is 28.6 Å². The maximum atomic E-state index is 9.51. The van der Waals surface area contributed by atoms with Crippen molar-refractivity contribution < 1.29 is 5.11 Å². The van der Waals surface area contributed by atoms with Gasteiger partial charge in [0.1, 0.15) is 5.51 Å². The van der Waals surface area contributed by atoms with Crippen molar-refractivity contribution >= 4 is 23.1 Å². The van der Waals surface area contributed by atoms with Crippen molar-refractivity contribution in [2.75, 3.05) is 19.4 Å². The molecule has 1 aromatic rings. The predicted molar refractivity (Wildman–Crippen MR) is 62.2 cm³/mol. The molecule has 6 heteroatoms. The van der Waals surface area contributed by atoms with Gasteiger partial charge in [-0.25, -0.2) is 0 Å². The number of hydrogen-bond donors (Lipinski definition) is 2. The summed E-state index contributed by atoms with van der Waals surface area (Å²) in [5.41, 5.74) is 1.61. The third-order valence-corrected chi connectivity index (χ3v) is 5.05. The molecule has 2 rings (SSSR count). The van der Waals surface area contributed by atoms with Crippen molar-refractivity contribution in [3.63, 3.8) is 0 Å². The van der Waals surface area contributed by atoms with E-state index in [2.05, 4.69) is 15.5 Å². The summed E-state index contributed by atoms with van der Waals surface area (Å²) in [7, 11) is 1.93. The molecule has 0 radical (unpaired) electrons. The molecule has 1 aliphatic carbocycles. The van der Waals surface area contributed by atoms with E-state index in [0.717, 1.165) is 10.1 Å². The van der Waals surface area contributed by atoms with E-state index in [1.807, 2.05) is 7.05 Å². The molecule has 1 atom stereocenters. The summed E-state index contributed by atoms with van der Waals surface area (Å²) in [6.07, 6.45) is 2.44. The monoisotopic (exact) mass is 245 g/mol. The van der Waals surface area contributed by atoms with Crippen molar-refractivity contribution in [1.29, 1.82) is 0 Å². The molecule has 1 fully saturated rings. The summed E-state index contributed by atoms with van der Waals surface area (Å²) < 4.78 is 0.976. The van der Waals surface area contributed by atoms with Crippen LogP contribution in [0, 0.1) is 5.92 Å². The van der Waals surface area contributed by atoms with E-state index in [1.165, 1.54) is 12.8 Å². The quantitative estimate of drug-likeness (QED) is 0.732. The molecule has 84 valence electrons. The topological polar surface area (TPSA) is 58.0 Å². The molecule has 0 bridgehead atoms. The number of rotatable bonds is 6. The highest BCUT2D eigenvalue weighted by Gasteiger charge is 2.43. The van der Waals surface area contributed by atoms with Gasteiger partial charge in [-0.15, -0.1) is 10.2 Å². The summed E-state index contributed by atoms with van der Waals surface area (Å²) in [6, 6.07) is 0. The maximum Gasteiger partial charge on any atom is 0.174 e. The van der Waals surface area contributed by atoms with Crippen LogP contribution in [0.1, 0.15) is 12.8 Å². The number of aliphatic hydroxyl groups is 1. The Morgan fingerprint density at radius 1 is 1.73 bits per heavy atom. The van der Waals surface area contributed by atoms with E-state index >= 15 is 0 Å². The minimum Gasteiger partial charge on any atom is -0.394 e. The third-order valence-electron chi connectivity index (χ3n) is 2.93. The van der Waals surface area contributed by atoms with E-state index in [-0.39, 0.29) is 12.1 Å². The van der Waals surface area contributed by atoms with Crippen LogP contribution in [0.2, 0.25) is 0 Å². The first-order valence-electron chi connectivity index (χ1n) is 4.99. The number of thioether (sulfide) groups is 1. The van der Waals surface area contributed by atoms with Gasteiger partial charge in [-0.2, -0.15) is 0 Å². The first-order chi connectivity index (χ1) is 7.30. The van der Waals surface area contributed by atoms with Crippen molar-refractivity contribution in [1.82, 2.24) is 15.5 Å². The highest BCUT2D eigenvalue weighted by molar-refractivity contribution is 8.01. The highest BCUT2D eigenvalue weighted by atomic mass is 32.2. The van der Waals surface area contributed by atoms with Crippen molar-refractivity contribution in [2.24, 2.45) is 5.92 Å². The van der Waals surface area contributed by atoms with E-state index in [4.69, 9.17) is 0 Å². The fourth-order valence-electron chi connectivity index (χ4n) is 1.70. The van der Waals surface area contributed by atoms with Gasteiger partial charge in [-0.05, 0) is 25.8 Å². The van der Waals surface area contributed by atoms with Gasteiger partial charge >= 0.3 is 0 Å². The Labute approximate surface area is 97.5 Å². The second kappa shape index (κ2) is 4.78. The molecule has 1 unspecified atom stereocenters. The molecular weight excluding hydrogens is 230 g/mol. The average molecular weight is 245 g/mol. The normalized spacial score (nSPS) is 20.1. The number of nitrogens with zero attached hydrogens (tertiary/aromatic N) is 2. The Morgan fingerprint density at radius 2 is 2.53 bits per heavy atom. The SMILES string of the molecule is CNC(CO)(CSc1nncs1)C1CC1. The molecule has 1 heterocycles. The van der Waals surface area contributed by atoms with Gasteiger partial charge in [0.15, 0.2) is 4.34 Å². The molecule has 1 aliphatic rings. The standard InChI is InChI=1S/C9H15N3OS2/c1-10-9(4-13,7-2-3-7)5-14-8-12-11-6-15-8/h6-7,10,13H,2-5H2,1H3. The lowest BCUT2D eigenvalue weighted by atomic mass is 9.97. The van der Waals surface area contributed by atoms with Gasteiger partial charge in [-0.1, -0.05) is 23.1 Å². The maximum absolute atomic E-state index is 9.51. The second-order valence-corrected chi connectivity index (χ2v) is 5.89. The molecule has 0 aliphatic heterocycles. The lowest BCUT2D eigenvalue weighted by Crippen LogP contribution is -2.51. The Kier molecular flexibility index (Phi) is 3.60. The molecule has 15 heavy (non-hydrogen) atoms. The van der Waals surface area contributed by atoms with E-state index in [9.17, 15) is 5.11 Å². The molecule has 0 aromatic carbocycles. The minimum absolute atomic E-state index is 0.129. The first-order valence-corrected chi connectivity index (χ1v) is 6.86. The van der Waals surface area contributed by atoms with Crippen LogP contribution >= 0.6 is 23.1 Å². The summed E-state index contributed by atoms with van der Waals surface area (Å²) >= 11 is 3.22. The Morgan fingerprint density at radius 3 is 3.00 bits per heavy atom. The molecule has 0 spiro atoms. The molecule has 2 N–H and O–H groups in total. The predicted octanol–water partition coefficient (Wildman–Crippen LogP) is 0.991. The molecule has 4 nitrogen and oxygen atoms in total. The van der Waals surface area contributed by atoms with Gasteiger partial charge in [0.25, 0.3) is 0 Å². The number of nitrogens with one attached hydrogen (secondary N) is 1.